The molecule has 0 bridgehead atoms. The second-order valence-electron chi connectivity index (χ2n) is 3.23. The van der Waals surface area contributed by atoms with Crippen molar-refractivity contribution in [1.82, 2.24) is 9.19 Å². The zero-order valence-electron chi connectivity index (χ0n) is 6.86. The Bertz CT molecular complexity index is 261. The van der Waals surface area contributed by atoms with Crippen LogP contribution in [-0.4, -0.2) is 35.1 Å². The van der Waals surface area contributed by atoms with Gasteiger partial charge in [0.2, 0.25) is 0 Å². The second-order valence-corrected chi connectivity index (χ2v) is 4.99. The maximum absolute atomic E-state index is 9.44. The van der Waals surface area contributed by atoms with Crippen molar-refractivity contribution >= 4 is 14.7 Å². The van der Waals surface area contributed by atoms with E-state index in [0.717, 1.165) is 32.1 Å². The number of hydrogen-bond donors (Lipinski definition) is 1. The van der Waals surface area contributed by atoms with Gasteiger partial charge in [0.1, 0.15) is 0 Å². The Balaban J connectivity index is 2.14. The summed E-state index contributed by atoms with van der Waals surface area (Å²) in [5.74, 6) is 0. The van der Waals surface area contributed by atoms with Crippen molar-refractivity contribution in [1.29, 1.82) is 0 Å². The fourth-order valence-corrected chi connectivity index (χ4v) is 3.07. The van der Waals surface area contributed by atoms with Gasteiger partial charge in [-0.15, -0.1) is 0 Å². The van der Waals surface area contributed by atoms with Crippen LogP contribution in [0.3, 0.4) is 0 Å². The standard InChI is InChI=1S/C8H12N2OSe/c11-6-2-1-3-8-7(5-4-6)9-10-12-8/h6,11H,1-5H2. The Kier molecular flexibility index (Phi) is 2.59. The summed E-state index contributed by atoms with van der Waals surface area (Å²) in [6, 6.07) is 0. The quantitative estimate of drug-likeness (QED) is 0.647. The van der Waals surface area contributed by atoms with E-state index in [4.69, 9.17) is 0 Å². The molecule has 1 aliphatic rings. The second kappa shape index (κ2) is 3.69. The van der Waals surface area contributed by atoms with Gasteiger partial charge < -0.3 is 0 Å². The molecule has 1 aromatic rings. The first kappa shape index (κ1) is 8.42. The normalized spacial score (nSPS) is 24.2. The Labute approximate surface area is 77.8 Å². The zero-order chi connectivity index (χ0) is 8.39. The summed E-state index contributed by atoms with van der Waals surface area (Å²) < 4.78 is 5.54. The van der Waals surface area contributed by atoms with Crippen LogP contribution in [-0.2, 0) is 12.8 Å². The van der Waals surface area contributed by atoms with Crippen LogP contribution in [0.1, 0.15) is 29.4 Å². The number of fused-ring (bicyclic) bond motifs is 1. The topological polar surface area (TPSA) is 46.0 Å². The van der Waals surface area contributed by atoms with Gasteiger partial charge in [0.15, 0.2) is 0 Å². The van der Waals surface area contributed by atoms with Gasteiger partial charge in [-0.1, -0.05) is 0 Å². The van der Waals surface area contributed by atoms with E-state index in [9.17, 15) is 5.11 Å². The molecule has 1 aromatic heterocycles. The first-order chi connectivity index (χ1) is 5.86. The van der Waals surface area contributed by atoms with Crippen LogP contribution >= 0.6 is 0 Å². The van der Waals surface area contributed by atoms with Crippen LogP contribution in [0, 0.1) is 0 Å². The molecule has 0 fully saturated rings. The molecule has 2 rings (SSSR count). The number of hydrogen-bond acceptors (Lipinski definition) is 3. The predicted octanol–water partition coefficient (Wildman–Crippen LogP) is 0.163. The molecule has 0 amide bonds. The Morgan fingerprint density at radius 2 is 2.25 bits per heavy atom. The van der Waals surface area contributed by atoms with Crippen molar-refractivity contribution in [2.45, 2.75) is 38.2 Å². The van der Waals surface area contributed by atoms with Gasteiger partial charge in [0.25, 0.3) is 0 Å². The van der Waals surface area contributed by atoms with Gasteiger partial charge in [-0.3, -0.25) is 0 Å². The molecule has 0 saturated heterocycles. The molecule has 66 valence electrons. The zero-order valence-corrected chi connectivity index (χ0v) is 8.58. The van der Waals surface area contributed by atoms with Gasteiger partial charge in [-0.2, -0.15) is 0 Å². The molecule has 12 heavy (non-hydrogen) atoms. The Morgan fingerprint density at radius 3 is 3.17 bits per heavy atom. The van der Waals surface area contributed by atoms with Crippen LogP contribution in [0.2, 0.25) is 0 Å². The maximum atomic E-state index is 9.44. The summed E-state index contributed by atoms with van der Waals surface area (Å²) in [4.78, 5) is 0. The molecular formula is C8H12N2OSe. The van der Waals surface area contributed by atoms with Gasteiger partial charge in [0, 0.05) is 0 Å². The van der Waals surface area contributed by atoms with E-state index in [1.54, 1.807) is 0 Å². The predicted molar refractivity (Wildman–Crippen MR) is 46.2 cm³/mol. The molecule has 0 spiro atoms. The first-order valence-electron chi connectivity index (χ1n) is 4.34. The third-order valence-electron chi connectivity index (χ3n) is 2.29. The molecule has 1 heterocycles. The van der Waals surface area contributed by atoms with Crippen LogP contribution in [0.4, 0.5) is 0 Å². The van der Waals surface area contributed by atoms with Crippen molar-refractivity contribution in [3.63, 3.8) is 0 Å². The number of nitrogens with zero attached hydrogens (tertiary/aromatic N) is 2. The van der Waals surface area contributed by atoms with E-state index in [-0.39, 0.29) is 20.8 Å². The van der Waals surface area contributed by atoms with E-state index in [1.807, 2.05) is 0 Å². The van der Waals surface area contributed by atoms with Crippen molar-refractivity contribution in [2.24, 2.45) is 0 Å². The van der Waals surface area contributed by atoms with Crippen LogP contribution in [0.15, 0.2) is 0 Å². The van der Waals surface area contributed by atoms with Crippen molar-refractivity contribution in [3.05, 3.63) is 10.1 Å². The summed E-state index contributed by atoms with van der Waals surface area (Å²) in [6.07, 6.45) is 4.86. The molecule has 0 saturated carbocycles. The van der Waals surface area contributed by atoms with Gasteiger partial charge >= 0.3 is 77.4 Å². The molecule has 0 aromatic carbocycles. The summed E-state index contributed by atoms with van der Waals surface area (Å²) in [5.41, 5.74) is 1.17. The third kappa shape index (κ3) is 1.76. The Hall–Kier alpha value is -0.181. The van der Waals surface area contributed by atoms with E-state index in [1.165, 1.54) is 10.1 Å². The molecule has 0 aliphatic heterocycles. The van der Waals surface area contributed by atoms with Gasteiger partial charge in [0.05, 0.1) is 0 Å². The average Bonchev–Trinajstić information content (AvgIpc) is 2.45. The summed E-state index contributed by atoms with van der Waals surface area (Å²) in [6.45, 7) is 0. The fourth-order valence-electron chi connectivity index (χ4n) is 1.55. The number of aryl methyl sites for hydroxylation is 2. The first-order valence-corrected chi connectivity index (χ1v) is 5.96. The Morgan fingerprint density at radius 1 is 1.33 bits per heavy atom. The van der Waals surface area contributed by atoms with Crippen LogP contribution in [0.25, 0.3) is 0 Å². The van der Waals surface area contributed by atoms with Gasteiger partial charge in [-0.05, 0) is 0 Å². The van der Waals surface area contributed by atoms with Crippen molar-refractivity contribution in [3.8, 4) is 0 Å². The number of rotatable bonds is 0. The van der Waals surface area contributed by atoms with Crippen LogP contribution < -0.4 is 0 Å². The minimum absolute atomic E-state index is 0.109. The molecular weight excluding hydrogens is 219 g/mol. The monoisotopic (exact) mass is 232 g/mol. The summed E-state index contributed by atoms with van der Waals surface area (Å²) in [5, 5.41) is 13.6. The molecule has 1 aliphatic carbocycles. The summed E-state index contributed by atoms with van der Waals surface area (Å²) >= 11 is 0.289. The van der Waals surface area contributed by atoms with E-state index in [0.29, 0.717) is 0 Å². The van der Waals surface area contributed by atoms with Crippen LogP contribution in [0.5, 0.6) is 0 Å². The third-order valence-corrected chi connectivity index (χ3v) is 4.02. The molecule has 4 heteroatoms. The molecule has 0 radical (unpaired) electrons. The van der Waals surface area contributed by atoms with E-state index in [2.05, 4.69) is 9.19 Å². The average molecular weight is 231 g/mol. The molecule has 1 atom stereocenters. The van der Waals surface area contributed by atoms with Crippen molar-refractivity contribution < 1.29 is 5.11 Å². The summed E-state index contributed by atoms with van der Waals surface area (Å²) in [7, 11) is 0. The number of aliphatic hydroxyl groups excluding tert-OH is 1. The SMILES string of the molecule is OC1CCCc2[se]nnc2CC1. The molecule has 3 nitrogen and oxygen atoms in total. The molecule has 1 unspecified atom stereocenters. The minimum atomic E-state index is -0.109. The number of aliphatic hydroxyl groups is 1. The van der Waals surface area contributed by atoms with Crippen molar-refractivity contribution in [2.75, 3.05) is 0 Å². The molecule has 1 N–H and O–H groups in total. The number of aromatic nitrogens is 2. The van der Waals surface area contributed by atoms with E-state index < -0.39 is 0 Å². The fraction of sp³-hybridized carbons (Fsp3) is 0.750. The van der Waals surface area contributed by atoms with E-state index >= 15 is 0 Å². The van der Waals surface area contributed by atoms with Gasteiger partial charge in [-0.25, -0.2) is 0 Å².